The zero-order valence-electron chi connectivity index (χ0n) is 13.9. The van der Waals surface area contributed by atoms with Crippen molar-refractivity contribution in [1.29, 1.82) is 5.26 Å². The molecule has 0 bridgehead atoms. The van der Waals surface area contributed by atoms with Crippen LogP contribution in [0.1, 0.15) is 51.2 Å². The number of carbonyl (C=O) groups is 2. The molecule has 25 heavy (non-hydrogen) atoms. The molecule has 0 saturated heterocycles. The first-order valence-corrected chi connectivity index (χ1v) is 8.71. The number of aromatic nitrogens is 2. The minimum absolute atomic E-state index is 0.0607. The summed E-state index contributed by atoms with van der Waals surface area (Å²) < 4.78 is 5.03. The number of carbonyl (C=O) groups excluding carboxylic acids is 2. The fourth-order valence-corrected chi connectivity index (χ4v) is 3.35. The first-order chi connectivity index (χ1) is 12.0. The molecule has 3 rings (SSSR count). The van der Waals surface area contributed by atoms with Gasteiger partial charge in [-0.25, -0.2) is 14.8 Å². The molecule has 2 aromatic heterocycles. The van der Waals surface area contributed by atoms with Crippen LogP contribution < -0.4 is 4.90 Å². The summed E-state index contributed by atoms with van der Waals surface area (Å²) in [4.78, 5) is 35.3. The van der Waals surface area contributed by atoms with Gasteiger partial charge < -0.3 is 4.74 Å². The van der Waals surface area contributed by atoms with Gasteiger partial charge in [-0.05, 0) is 38.8 Å². The van der Waals surface area contributed by atoms with Crippen LogP contribution in [0.25, 0.3) is 0 Å². The number of nitrogens with zero attached hydrogens (tertiary/aromatic N) is 4. The van der Waals surface area contributed by atoms with E-state index in [-0.39, 0.29) is 24.2 Å². The number of ether oxygens (including phenoxy) is 1. The van der Waals surface area contributed by atoms with Gasteiger partial charge in [-0.3, -0.25) is 9.69 Å². The van der Waals surface area contributed by atoms with Crippen molar-refractivity contribution < 1.29 is 14.3 Å². The van der Waals surface area contributed by atoms with Crippen LogP contribution in [-0.2, 0) is 4.74 Å². The Morgan fingerprint density at radius 2 is 2.20 bits per heavy atom. The molecule has 7 nitrogen and oxygen atoms in total. The van der Waals surface area contributed by atoms with E-state index in [0.717, 1.165) is 24.2 Å². The van der Waals surface area contributed by atoms with E-state index in [1.165, 1.54) is 12.3 Å². The predicted molar refractivity (Wildman–Crippen MR) is 91.6 cm³/mol. The number of hydrogen-bond acceptors (Lipinski definition) is 7. The summed E-state index contributed by atoms with van der Waals surface area (Å²) in [6.07, 6.45) is 3.14. The first-order valence-electron chi connectivity index (χ1n) is 7.89. The van der Waals surface area contributed by atoms with Crippen LogP contribution in [0, 0.1) is 18.3 Å². The van der Waals surface area contributed by atoms with E-state index in [1.807, 2.05) is 6.07 Å². The Hall–Kier alpha value is -2.79. The molecule has 1 aliphatic carbocycles. The second-order valence-corrected chi connectivity index (χ2v) is 6.56. The molecule has 0 aromatic carbocycles. The quantitative estimate of drug-likeness (QED) is 0.764. The largest absolute Gasteiger partial charge is 0.462 e. The molecule has 0 N–H and O–H groups in total. The van der Waals surface area contributed by atoms with Crippen LogP contribution in [0.15, 0.2) is 18.3 Å². The number of amides is 1. The van der Waals surface area contributed by atoms with E-state index >= 15 is 0 Å². The normalized spacial score (nSPS) is 13.2. The fraction of sp³-hybridized carbons (Fsp3) is 0.353. The Kier molecular flexibility index (Phi) is 4.76. The van der Waals surface area contributed by atoms with Gasteiger partial charge in [0.15, 0.2) is 5.13 Å². The maximum atomic E-state index is 12.9. The standard InChI is InChI=1S/C17H16N4O3S/c1-3-24-16(23)14-10(2)20-17(25-14)21(12-5-6-12)15(22)13-7-4-11(8-18)9-19-13/h4,7,9,12H,3,5-6H2,1-2H3. The third kappa shape index (κ3) is 3.51. The van der Waals surface area contributed by atoms with Crippen LogP contribution >= 0.6 is 11.3 Å². The van der Waals surface area contributed by atoms with E-state index in [4.69, 9.17) is 10.00 Å². The van der Waals surface area contributed by atoms with E-state index in [2.05, 4.69) is 9.97 Å². The minimum atomic E-state index is -0.427. The lowest BCUT2D eigenvalue weighted by Gasteiger charge is -2.18. The minimum Gasteiger partial charge on any atom is -0.462 e. The van der Waals surface area contributed by atoms with Gasteiger partial charge in [-0.1, -0.05) is 11.3 Å². The highest BCUT2D eigenvalue weighted by molar-refractivity contribution is 7.17. The summed E-state index contributed by atoms with van der Waals surface area (Å²) in [6, 6.07) is 5.12. The molecular formula is C17H16N4O3S. The van der Waals surface area contributed by atoms with Crippen LogP contribution in [0.2, 0.25) is 0 Å². The topological polar surface area (TPSA) is 96.2 Å². The summed E-state index contributed by atoms with van der Waals surface area (Å²) in [7, 11) is 0. The van der Waals surface area contributed by atoms with Crippen molar-refractivity contribution in [1.82, 2.24) is 9.97 Å². The van der Waals surface area contributed by atoms with Crippen molar-refractivity contribution in [2.75, 3.05) is 11.5 Å². The number of thiazole rings is 1. The molecule has 0 radical (unpaired) electrons. The average Bonchev–Trinajstić information content (AvgIpc) is 3.37. The molecule has 128 valence electrons. The molecule has 1 fully saturated rings. The number of aryl methyl sites for hydroxylation is 1. The van der Waals surface area contributed by atoms with Crippen LogP contribution in [0.3, 0.4) is 0 Å². The Bertz CT molecular complexity index is 850. The molecule has 0 aliphatic heterocycles. The van der Waals surface area contributed by atoms with Gasteiger partial charge in [0.25, 0.3) is 5.91 Å². The predicted octanol–water partition coefficient (Wildman–Crippen LogP) is 2.70. The SMILES string of the molecule is CCOC(=O)c1sc(N(C(=O)c2ccc(C#N)cn2)C2CC2)nc1C. The van der Waals surface area contributed by atoms with Crippen LogP contribution in [-0.4, -0.2) is 34.5 Å². The number of esters is 1. The summed E-state index contributed by atoms with van der Waals surface area (Å²) in [5, 5.41) is 9.32. The van der Waals surface area contributed by atoms with Gasteiger partial charge in [0.2, 0.25) is 0 Å². The summed E-state index contributed by atoms with van der Waals surface area (Å²) in [5.41, 5.74) is 1.19. The second kappa shape index (κ2) is 6.99. The van der Waals surface area contributed by atoms with Gasteiger partial charge in [0.05, 0.1) is 17.9 Å². The zero-order valence-corrected chi connectivity index (χ0v) is 14.7. The maximum Gasteiger partial charge on any atom is 0.350 e. The fourth-order valence-electron chi connectivity index (χ4n) is 2.32. The number of pyridine rings is 1. The van der Waals surface area contributed by atoms with Crippen molar-refractivity contribution in [2.24, 2.45) is 0 Å². The average molecular weight is 356 g/mol. The maximum absolute atomic E-state index is 12.9. The Morgan fingerprint density at radius 1 is 1.44 bits per heavy atom. The molecule has 2 aromatic rings. The smallest absolute Gasteiger partial charge is 0.350 e. The summed E-state index contributed by atoms with van der Waals surface area (Å²) in [5.74, 6) is -0.709. The molecule has 0 unspecified atom stereocenters. The highest BCUT2D eigenvalue weighted by atomic mass is 32.1. The van der Waals surface area contributed by atoms with Crippen molar-refractivity contribution in [3.63, 3.8) is 0 Å². The molecular weight excluding hydrogens is 340 g/mol. The molecule has 1 aliphatic rings. The zero-order chi connectivity index (χ0) is 18.0. The Balaban J connectivity index is 1.91. The van der Waals surface area contributed by atoms with Gasteiger partial charge in [-0.2, -0.15) is 5.26 Å². The van der Waals surface area contributed by atoms with Crippen LogP contribution in [0.4, 0.5) is 5.13 Å². The molecule has 1 amide bonds. The lowest BCUT2D eigenvalue weighted by molar-refractivity contribution is 0.0531. The van der Waals surface area contributed by atoms with E-state index in [1.54, 1.807) is 24.8 Å². The summed E-state index contributed by atoms with van der Waals surface area (Å²) in [6.45, 7) is 3.75. The molecule has 0 spiro atoms. The molecule has 0 atom stereocenters. The van der Waals surface area contributed by atoms with Crippen LogP contribution in [0.5, 0.6) is 0 Å². The first kappa shape index (κ1) is 17.0. The number of hydrogen-bond donors (Lipinski definition) is 0. The van der Waals surface area contributed by atoms with Gasteiger partial charge in [0.1, 0.15) is 16.6 Å². The van der Waals surface area contributed by atoms with Crippen molar-refractivity contribution in [2.45, 2.75) is 32.7 Å². The molecule has 1 saturated carbocycles. The van der Waals surface area contributed by atoms with Gasteiger partial charge >= 0.3 is 5.97 Å². The van der Waals surface area contributed by atoms with E-state index in [0.29, 0.717) is 21.3 Å². The van der Waals surface area contributed by atoms with E-state index in [9.17, 15) is 9.59 Å². The molecule has 8 heteroatoms. The number of anilines is 1. The third-order valence-corrected chi connectivity index (χ3v) is 4.83. The highest BCUT2D eigenvalue weighted by Crippen LogP contribution is 2.36. The second-order valence-electron chi connectivity index (χ2n) is 5.58. The highest BCUT2D eigenvalue weighted by Gasteiger charge is 2.37. The number of nitriles is 1. The van der Waals surface area contributed by atoms with E-state index < -0.39 is 5.97 Å². The van der Waals surface area contributed by atoms with Gasteiger partial charge in [0, 0.05) is 12.2 Å². The van der Waals surface area contributed by atoms with Crippen molar-refractivity contribution in [3.8, 4) is 6.07 Å². The van der Waals surface area contributed by atoms with Gasteiger partial charge in [-0.15, -0.1) is 0 Å². The number of rotatable bonds is 5. The van der Waals surface area contributed by atoms with Crippen molar-refractivity contribution in [3.05, 3.63) is 40.2 Å². The monoisotopic (exact) mass is 356 g/mol. The molecule has 2 heterocycles. The lowest BCUT2D eigenvalue weighted by atomic mass is 10.2. The third-order valence-electron chi connectivity index (χ3n) is 3.69. The Labute approximate surface area is 148 Å². The Morgan fingerprint density at radius 3 is 2.76 bits per heavy atom. The van der Waals surface area contributed by atoms with Crippen molar-refractivity contribution >= 4 is 28.3 Å². The lowest BCUT2D eigenvalue weighted by Crippen LogP contribution is -2.33. The summed E-state index contributed by atoms with van der Waals surface area (Å²) >= 11 is 1.15.